The van der Waals surface area contributed by atoms with Crippen LogP contribution in [-0.2, 0) is 16.1 Å². The highest BCUT2D eigenvalue weighted by Gasteiger charge is 2.19. The van der Waals surface area contributed by atoms with Gasteiger partial charge < -0.3 is 10.1 Å². The van der Waals surface area contributed by atoms with E-state index in [1.54, 1.807) is 18.3 Å². The number of benzene rings is 1. The van der Waals surface area contributed by atoms with Crippen molar-refractivity contribution in [3.8, 4) is 11.3 Å². The van der Waals surface area contributed by atoms with E-state index in [9.17, 15) is 4.79 Å². The summed E-state index contributed by atoms with van der Waals surface area (Å²) in [4.78, 5) is 19.9. The lowest BCUT2D eigenvalue weighted by Gasteiger charge is -2.26. The van der Waals surface area contributed by atoms with Gasteiger partial charge >= 0.3 is 0 Å². The van der Waals surface area contributed by atoms with Gasteiger partial charge in [-0.2, -0.15) is 0 Å². The lowest BCUT2D eigenvalue weighted by atomic mass is 10.1. The van der Waals surface area contributed by atoms with Crippen LogP contribution in [0, 0.1) is 0 Å². The Hall–Kier alpha value is -1.28. The van der Waals surface area contributed by atoms with Crippen molar-refractivity contribution in [2.75, 3.05) is 31.6 Å². The Labute approximate surface area is 154 Å². The smallest absolute Gasteiger partial charge is 0.239 e. The molecule has 1 aliphatic rings. The van der Waals surface area contributed by atoms with Gasteiger partial charge in [-0.3, -0.25) is 9.69 Å². The van der Waals surface area contributed by atoms with Crippen molar-refractivity contribution in [3.05, 3.63) is 35.2 Å². The number of nitrogens with zero attached hydrogens (tertiary/aromatic N) is 2. The van der Waals surface area contributed by atoms with Crippen molar-refractivity contribution >= 4 is 38.3 Å². The van der Waals surface area contributed by atoms with E-state index in [0.717, 1.165) is 44.1 Å². The molecule has 2 heterocycles. The van der Waals surface area contributed by atoms with E-state index in [4.69, 9.17) is 4.74 Å². The predicted octanol–water partition coefficient (Wildman–Crippen LogP) is 3.36. The Morgan fingerprint density at radius 3 is 2.75 bits per heavy atom. The van der Waals surface area contributed by atoms with E-state index < -0.39 is 0 Å². The lowest BCUT2D eigenvalue weighted by molar-refractivity contribution is -0.115. The summed E-state index contributed by atoms with van der Waals surface area (Å²) in [5, 5.41) is 3.53. The molecule has 1 amide bonds. The third-order valence-corrected chi connectivity index (χ3v) is 5.18. The minimum Gasteiger partial charge on any atom is -0.379 e. The van der Waals surface area contributed by atoms with Crippen molar-refractivity contribution in [2.24, 2.45) is 0 Å². The average molecular weight is 410 g/mol. The number of nitrogens with one attached hydrogen (secondary N) is 1. The Kier molecular flexibility index (Phi) is 5.99. The Bertz CT molecular complexity index is 684. The van der Waals surface area contributed by atoms with Crippen LogP contribution in [0.4, 0.5) is 5.13 Å². The number of hydrogen-bond donors (Lipinski definition) is 1. The molecule has 0 spiro atoms. The van der Waals surface area contributed by atoms with Crippen LogP contribution in [0.3, 0.4) is 0 Å². The summed E-state index contributed by atoms with van der Waals surface area (Å²) in [5.74, 6) is -0.0821. The van der Waals surface area contributed by atoms with Crippen molar-refractivity contribution in [2.45, 2.75) is 18.3 Å². The van der Waals surface area contributed by atoms with Gasteiger partial charge in [-0.15, -0.1) is 0 Å². The van der Waals surface area contributed by atoms with Crippen LogP contribution < -0.4 is 5.32 Å². The zero-order valence-electron chi connectivity index (χ0n) is 13.5. The van der Waals surface area contributed by atoms with Gasteiger partial charge in [-0.25, -0.2) is 4.98 Å². The first-order valence-corrected chi connectivity index (χ1v) is 9.67. The van der Waals surface area contributed by atoms with Gasteiger partial charge in [-0.05, 0) is 6.92 Å². The molecule has 1 aromatic heterocycles. The molecule has 1 unspecified atom stereocenters. The topological polar surface area (TPSA) is 54.5 Å². The summed E-state index contributed by atoms with van der Waals surface area (Å²) < 4.78 is 5.42. The van der Waals surface area contributed by atoms with Crippen molar-refractivity contribution in [1.82, 2.24) is 9.88 Å². The van der Waals surface area contributed by atoms with Crippen LogP contribution in [0.5, 0.6) is 0 Å². The second kappa shape index (κ2) is 8.20. The number of rotatable bonds is 5. The molecule has 7 heteroatoms. The van der Waals surface area contributed by atoms with E-state index in [1.165, 1.54) is 4.88 Å². The van der Waals surface area contributed by atoms with Gasteiger partial charge in [0.25, 0.3) is 0 Å². The van der Waals surface area contributed by atoms with Gasteiger partial charge in [0.15, 0.2) is 5.13 Å². The molecule has 5 nitrogen and oxygen atoms in total. The zero-order chi connectivity index (χ0) is 16.9. The number of amides is 1. The molecule has 0 bridgehead atoms. The van der Waals surface area contributed by atoms with Crippen LogP contribution in [-0.4, -0.2) is 46.9 Å². The molecule has 1 aliphatic heterocycles. The van der Waals surface area contributed by atoms with Crippen molar-refractivity contribution in [3.63, 3.8) is 0 Å². The molecule has 1 aromatic carbocycles. The van der Waals surface area contributed by atoms with Crippen molar-refractivity contribution in [1.29, 1.82) is 0 Å². The summed E-state index contributed by atoms with van der Waals surface area (Å²) in [6, 6.07) is 10.1. The molecule has 3 rings (SSSR count). The number of carbonyl (C=O) groups is 1. The number of morpholine rings is 1. The van der Waals surface area contributed by atoms with Gasteiger partial charge in [0.1, 0.15) is 0 Å². The first-order chi connectivity index (χ1) is 11.6. The summed E-state index contributed by atoms with van der Waals surface area (Å²) in [6.45, 7) is 6.01. The van der Waals surface area contributed by atoms with Crippen molar-refractivity contribution < 1.29 is 9.53 Å². The molecular weight excluding hydrogens is 390 g/mol. The number of alkyl halides is 1. The predicted molar refractivity (Wildman–Crippen MR) is 101 cm³/mol. The lowest BCUT2D eigenvalue weighted by Crippen LogP contribution is -2.35. The highest BCUT2D eigenvalue weighted by atomic mass is 79.9. The minimum atomic E-state index is -0.246. The molecule has 1 fully saturated rings. The SMILES string of the molecule is CC(Br)C(=O)Nc1nc(-c2ccccc2)c(CN2CCOCC2)s1. The van der Waals surface area contributed by atoms with Gasteiger partial charge in [0.2, 0.25) is 5.91 Å². The quantitative estimate of drug-likeness (QED) is 0.769. The van der Waals surface area contributed by atoms with Crippen LogP contribution in [0.15, 0.2) is 30.3 Å². The first-order valence-electron chi connectivity index (χ1n) is 7.93. The second-order valence-electron chi connectivity index (χ2n) is 5.65. The normalized spacial score (nSPS) is 16.8. The highest BCUT2D eigenvalue weighted by Crippen LogP contribution is 2.32. The molecule has 0 radical (unpaired) electrons. The second-order valence-corrected chi connectivity index (χ2v) is 8.11. The number of anilines is 1. The number of thiazole rings is 1. The summed E-state index contributed by atoms with van der Waals surface area (Å²) in [5.41, 5.74) is 2.02. The summed E-state index contributed by atoms with van der Waals surface area (Å²) >= 11 is 4.84. The van der Waals surface area contributed by atoms with E-state index in [0.29, 0.717) is 5.13 Å². The molecule has 1 N–H and O–H groups in total. The third-order valence-electron chi connectivity index (χ3n) is 3.81. The maximum Gasteiger partial charge on any atom is 0.239 e. The largest absolute Gasteiger partial charge is 0.379 e. The van der Waals surface area contributed by atoms with Gasteiger partial charge in [-0.1, -0.05) is 57.6 Å². The number of hydrogen-bond acceptors (Lipinski definition) is 5. The fourth-order valence-electron chi connectivity index (χ4n) is 2.50. The minimum absolute atomic E-state index is 0.0821. The Balaban J connectivity index is 1.86. The van der Waals surface area contributed by atoms with Gasteiger partial charge in [0, 0.05) is 30.1 Å². The molecule has 1 atom stereocenters. The summed E-state index contributed by atoms with van der Waals surface area (Å²) in [7, 11) is 0. The molecule has 24 heavy (non-hydrogen) atoms. The average Bonchev–Trinajstić information content (AvgIpc) is 2.98. The van der Waals surface area contributed by atoms with E-state index >= 15 is 0 Å². The van der Waals surface area contributed by atoms with E-state index in [1.807, 2.05) is 18.2 Å². The van der Waals surface area contributed by atoms with Crippen LogP contribution in [0.25, 0.3) is 11.3 Å². The molecule has 0 saturated carbocycles. The standard InChI is InChI=1S/C17H20BrN3O2S/c1-12(18)16(22)20-17-19-15(13-5-3-2-4-6-13)14(24-17)11-21-7-9-23-10-8-21/h2-6,12H,7-11H2,1H3,(H,19,20,22). The maximum absolute atomic E-state index is 11.9. The summed E-state index contributed by atoms with van der Waals surface area (Å²) in [6.07, 6.45) is 0. The number of carbonyl (C=O) groups excluding carboxylic acids is 1. The van der Waals surface area contributed by atoms with Crippen LogP contribution >= 0.6 is 27.3 Å². The maximum atomic E-state index is 11.9. The molecule has 1 saturated heterocycles. The Morgan fingerprint density at radius 1 is 1.38 bits per heavy atom. The Morgan fingerprint density at radius 2 is 2.08 bits per heavy atom. The van der Waals surface area contributed by atoms with E-state index in [2.05, 4.69) is 43.3 Å². The van der Waals surface area contributed by atoms with Crippen LogP contribution in [0.2, 0.25) is 0 Å². The monoisotopic (exact) mass is 409 g/mol. The highest BCUT2D eigenvalue weighted by molar-refractivity contribution is 9.10. The molecular formula is C17H20BrN3O2S. The fraction of sp³-hybridized carbons (Fsp3) is 0.412. The zero-order valence-corrected chi connectivity index (χ0v) is 15.9. The molecule has 0 aliphatic carbocycles. The fourth-order valence-corrected chi connectivity index (χ4v) is 3.64. The third kappa shape index (κ3) is 4.42. The molecule has 2 aromatic rings. The number of ether oxygens (including phenoxy) is 1. The number of halogens is 1. The van der Waals surface area contributed by atoms with E-state index in [-0.39, 0.29) is 10.7 Å². The first kappa shape index (κ1) is 17.5. The molecule has 128 valence electrons. The van der Waals surface area contributed by atoms with Crippen LogP contribution in [0.1, 0.15) is 11.8 Å². The van der Waals surface area contributed by atoms with Gasteiger partial charge in [0.05, 0.1) is 23.7 Å². The number of aromatic nitrogens is 1.